The number of hydrogen-bond donors (Lipinski definition) is 1. The minimum Gasteiger partial charge on any atom is -0.326 e. The number of sulfone groups is 1. The average molecular weight is 394 g/mol. The summed E-state index contributed by atoms with van der Waals surface area (Å²) < 4.78 is 50.2. The zero-order chi connectivity index (χ0) is 17.9. The first-order chi connectivity index (χ1) is 11.2. The number of carbonyl (C=O) groups excluding carboxylic acids is 1. The van der Waals surface area contributed by atoms with E-state index < -0.39 is 33.1 Å². The summed E-state index contributed by atoms with van der Waals surface area (Å²) >= 11 is 11.5. The Morgan fingerprint density at radius 2 is 1.71 bits per heavy atom. The summed E-state index contributed by atoms with van der Waals surface area (Å²) in [5, 5.41) is 2.60. The van der Waals surface area contributed by atoms with Gasteiger partial charge < -0.3 is 5.32 Å². The molecular formula is C15H11Cl2F2NO3S. The molecule has 0 bridgehead atoms. The molecule has 0 atom stereocenters. The van der Waals surface area contributed by atoms with Crippen molar-refractivity contribution in [3.63, 3.8) is 0 Å². The molecule has 24 heavy (non-hydrogen) atoms. The Kier molecular flexibility index (Phi) is 5.79. The second-order valence-electron chi connectivity index (χ2n) is 4.82. The van der Waals surface area contributed by atoms with E-state index in [1.54, 1.807) is 0 Å². The van der Waals surface area contributed by atoms with Gasteiger partial charge in [-0.25, -0.2) is 17.2 Å². The van der Waals surface area contributed by atoms with Crippen molar-refractivity contribution in [2.45, 2.75) is 11.3 Å². The number of halogens is 4. The fourth-order valence-corrected chi connectivity index (χ4v) is 3.44. The SMILES string of the molecule is O=C(CCS(=O)(=O)c1ccc(Cl)c(Cl)c1)Nc1ccc(F)c(F)c1. The van der Waals surface area contributed by atoms with Crippen LogP contribution in [0, 0.1) is 11.6 Å². The molecule has 2 aromatic carbocycles. The van der Waals surface area contributed by atoms with Crippen molar-refractivity contribution < 1.29 is 22.0 Å². The Morgan fingerprint density at radius 1 is 1.00 bits per heavy atom. The van der Waals surface area contributed by atoms with Crippen LogP contribution in [0.2, 0.25) is 10.0 Å². The lowest BCUT2D eigenvalue weighted by Gasteiger charge is -2.07. The van der Waals surface area contributed by atoms with Crippen LogP contribution in [0.15, 0.2) is 41.3 Å². The number of benzene rings is 2. The maximum absolute atomic E-state index is 13.1. The normalized spacial score (nSPS) is 11.3. The van der Waals surface area contributed by atoms with Crippen LogP contribution in [0.5, 0.6) is 0 Å². The van der Waals surface area contributed by atoms with E-state index in [0.29, 0.717) is 0 Å². The Labute approximate surface area is 147 Å². The van der Waals surface area contributed by atoms with Gasteiger partial charge in [-0.3, -0.25) is 4.79 Å². The topological polar surface area (TPSA) is 63.2 Å². The minimum absolute atomic E-state index is 0.0332. The van der Waals surface area contributed by atoms with E-state index in [-0.39, 0.29) is 27.0 Å². The Morgan fingerprint density at radius 3 is 2.33 bits per heavy atom. The lowest BCUT2D eigenvalue weighted by Crippen LogP contribution is -2.17. The molecule has 0 spiro atoms. The first kappa shape index (κ1) is 18.6. The third kappa shape index (κ3) is 4.66. The van der Waals surface area contributed by atoms with Crippen LogP contribution in [0.3, 0.4) is 0 Å². The Hall–Kier alpha value is -1.70. The summed E-state index contributed by atoms with van der Waals surface area (Å²) in [5.41, 5.74) is 0.0332. The van der Waals surface area contributed by atoms with Crippen LogP contribution >= 0.6 is 23.2 Å². The van der Waals surface area contributed by atoms with E-state index in [1.165, 1.54) is 24.3 Å². The minimum atomic E-state index is -3.74. The largest absolute Gasteiger partial charge is 0.326 e. The second-order valence-corrected chi connectivity index (χ2v) is 7.75. The highest BCUT2D eigenvalue weighted by atomic mass is 35.5. The Balaban J connectivity index is 2.01. The number of anilines is 1. The molecule has 2 aromatic rings. The van der Waals surface area contributed by atoms with E-state index >= 15 is 0 Å². The van der Waals surface area contributed by atoms with Crippen molar-refractivity contribution in [2.75, 3.05) is 11.1 Å². The highest BCUT2D eigenvalue weighted by molar-refractivity contribution is 7.91. The van der Waals surface area contributed by atoms with Gasteiger partial charge in [-0.1, -0.05) is 23.2 Å². The number of rotatable bonds is 5. The lowest BCUT2D eigenvalue weighted by molar-refractivity contribution is -0.115. The first-order valence-corrected chi connectivity index (χ1v) is 9.02. The molecule has 0 aromatic heterocycles. The van der Waals surface area contributed by atoms with Gasteiger partial charge in [0.15, 0.2) is 21.5 Å². The molecule has 0 heterocycles. The third-order valence-electron chi connectivity index (χ3n) is 3.05. The van der Waals surface area contributed by atoms with Gasteiger partial charge >= 0.3 is 0 Å². The number of amides is 1. The number of carbonyl (C=O) groups is 1. The van der Waals surface area contributed by atoms with E-state index in [0.717, 1.165) is 12.1 Å². The molecule has 0 saturated carbocycles. The standard InChI is InChI=1S/C15H11Cl2F2NO3S/c16-11-3-2-10(8-12(11)17)24(22,23)6-5-15(21)20-9-1-4-13(18)14(19)7-9/h1-4,7-8H,5-6H2,(H,20,21). The zero-order valence-corrected chi connectivity index (χ0v) is 14.4. The predicted molar refractivity (Wildman–Crippen MR) is 88.1 cm³/mol. The van der Waals surface area contributed by atoms with Crippen molar-refractivity contribution in [3.05, 3.63) is 58.1 Å². The number of hydrogen-bond acceptors (Lipinski definition) is 3. The maximum Gasteiger partial charge on any atom is 0.225 e. The molecule has 4 nitrogen and oxygen atoms in total. The Bertz CT molecular complexity index is 888. The van der Waals surface area contributed by atoms with Crippen LogP contribution in [-0.4, -0.2) is 20.1 Å². The molecule has 0 fully saturated rings. The molecular weight excluding hydrogens is 383 g/mol. The zero-order valence-electron chi connectivity index (χ0n) is 12.0. The van der Waals surface area contributed by atoms with E-state index in [4.69, 9.17) is 23.2 Å². The molecule has 0 radical (unpaired) electrons. The van der Waals surface area contributed by atoms with Crippen molar-refractivity contribution in [1.82, 2.24) is 0 Å². The molecule has 0 aliphatic rings. The number of nitrogens with one attached hydrogen (secondary N) is 1. The van der Waals surface area contributed by atoms with Gasteiger partial charge in [0, 0.05) is 18.2 Å². The van der Waals surface area contributed by atoms with E-state index in [1.807, 2.05) is 0 Å². The summed E-state index contributed by atoms with van der Waals surface area (Å²) in [6.45, 7) is 0. The summed E-state index contributed by atoms with van der Waals surface area (Å²) in [7, 11) is -3.74. The molecule has 2 rings (SSSR count). The smallest absolute Gasteiger partial charge is 0.225 e. The van der Waals surface area contributed by atoms with E-state index in [9.17, 15) is 22.0 Å². The van der Waals surface area contributed by atoms with Crippen molar-refractivity contribution >= 4 is 44.6 Å². The fraction of sp³-hybridized carbons (Fsp3) is 0.133. The molecule has 0 aliphatic heterocycles. The van der Waals surface area contributed by atoms with Gasteiger partial charge in [-0.15, -0.1) is 0 Å². The summed E-state index contributed by atoms with van der Waals surface area (Å²) in [4.78, 5) is 11.7. The monoisotopic (exact) mass is 393 g/mol. The lowest BCUT2D eigenvalue weighted by atomic mass is 10.3. The average Bonchev–Trinajstić information content (AvgIpc) is 2.52. The molecule has 1 amide bonds. The quantitative estimate of drug-likeness (QED) is 0.832. The van der Waals surface area contributed by atoms with Crippen LogP contribution in [0.4, 0.5) is 14.5 Å². The van der Waals surface area contributed by atoms with Gasteiger partial charge in [0.05, 0.1) is 20.7 Å². The maximum atomic E-state index is 13.1. The van der Waals surface area contributed by atoms with Gasteiger partial charge in [-0.05, 0) is 30.3 Å². The van der Waals surface area contributed by atoms with Gasteiger partial charge in [0.2, 0.25) is 5.91 Å². The molecule has 9 heteroatoms. The van der Waals surface area contributed by atoms with Crippen molar-refractivity contribution in [2.24, 2.45) is 0 Å². The van der Waals surface area contributed by atoms with Crippen molar-refractivity contribution in [1.29, 1.82) is 0 Å². The van der Waals surface area contributed by atoms with Gasteiger partial charge in [-0.2, -0.15) is 0 Å². The molecule has 0 aliphatic carbocycles. The van der Waals surface area contributed by atoms with Crippen LogP contribution < -0.4 is 5.32 Å². The second kappa shape index (κ2) is 7.46. The highest BCUT2D eigenvalue weighted by Gasteiger charge is 2.18. The summed E-state index contributed by atoms with van der Waals surface area (Å²) in [6, 6.07) is 6.67. The van der Waals surface area contributed by atoms with Gasteiger partial charge in [0.25, 0.3) is 0 Å². The molecule has 0 unspecified atom stereocenters. The van der Waals surface area contributed by atoms with Gasteiger partial charge in [0.1, 0.15) is 0 Å². The third-order valence-corrected chi connectivity index (χ3v) is 5.50. The summed E-state index contributed by atoms with van der Waals surface area (Å²) in [6.07, 6.45) is -0.360. The predicted octanol–water partition coefficient (Wildman–Crippen LogP) is 4.07. The van der Waals surface area contributed by atoms with Crippen LogP contribution in [-0.2, 0) is 14.6 Å². The molecule has 128 valence electrons. The van der Waals surface area contributed by atoms with E-state index in [2.05, 4.69) is 5.32 Å². The molecule has 0 saturated heterocycles. The van der Waals surface area contributed by atoms with Crippen LogP contribution in [0.1, 0.15) is 6.42 Å². The molecule has 1 N–H and O–H groups in total. The first-order valence-electron chi connectivity index (χ1n) is 6.62. The highest BCUT2D eigenvalue weighted by Crippen LogP contribution is 2.25. The van der Waals surface area contributed by atoms with Crippen LogP contribution in [0.25, 0.3) is 0 Å². The fourth-order valence-electron chi connectivity index (χ4n) is 1.81. The summed E-state index contributed by atoms with van der Waals surface area (Å²) in [5.74, 6) is -3.28. The van der Waals surface area contributed by atoms with Crippen molar-refractivity contribution in [3.8, 4) is 0 Å².